The van der Waals surface area contributed by atoms with E-state index in [2.05, 4.69) is 30.6 Å². The van der Waals surface area contributed by atoms with E-state index in [4.69, 9.17) is 11.6 Å². The van der Waals surface area contributed by atoms with Crippen LogP contribution in [0.25, 0.3) is 11.4 Å². The van der Waals surface area contributed by atoms with Gasteiger partial charge in [0.15, 0.2) is 11.5 Å². The average molecular weight is 328 g/mol. The standard InChI is InChI=1S/C12H8BrClN2O2/c1-18-12(17)9-6-10(14)16-11(15-9)7-4-2-3-5-8(7)13/h2-6H,1H3. The molecule has 1 aromatic heterocycles. The predicted octanol–water partition coefficient (Wildman–Crippen LogP) is 3.35. The van der Waals surface area contributed by atoms with Crippen LogP contribution >= 0.6 is 27.5 Å². The fourth-order valence-corrected chi connectivity index (χ4v) is 2.04. The van der Waals surface area contributed by atoms with Gasteiger partial charge in [-0.15, -0.1) is 0 Å². The molecule has 0 aliphatic heterocycles. The van der Waals surface area contributed by atoms with Gasteiger partial charge in [0.1, 0.15) is 5.15 Å². The SMILES string of the molecule is COC(=O)c1cc(Cl)nc(-c2ccccc2Br)n1. The molecule has 1 aromatic carbocycles. The molecule has 2 rings (SSSR count). The molecule has 0 saturated heterocycles. The molecule has 1 heterocycles. The Morgan fingerprint density at radius 1 is 1.33 bits per heavy atom. The van der Waals surface area contributed by atoms with Crippen LogP contribution in [0.15, 0.2) is 34.8 Å². The number of carbonyl (C=O) groups excluding carboxylic acids is 1. The number of nitrogens with zero attached hydrogens (tertiary/aromatic N) is 2. The lowest BCUT2D eigenvalue weighted by molar-refractivity contribution is 0.0594. The van der Waals surface area contributed by atoms with E-state index >= 15 is 0 Å². The summed E-state index contributed by atoms with van der Waals surface area (Å²) in [6.07, 6.45) is 0. The Morgan fingerprint density at radius 3 is 2.72 bits per heavy atom. The minimum Gasteiger partial charge on any atom is -0.464 e. The lowest BCUT2D eigenvalue weighted by Crippen LogP contribution is -2.06. The fourth-order valence-electron chi connectivity index (χ4n) is 1.39. The summed E-state index contributed by atoms with van der Waals surface area (Å²) >= 11 is 9.28. The van der Waals surface area contributed by atoms with Crippen LogP contribution in [0.4, 0.5) is 0 Å². The zero-order valence-electron chi connectivity index (χ0n) is 9.35. The first-order valence-corrected chi connectivity index (χ1v) is 6.16. The highest BCUT2D eigenvalue weighted by Crippen LogP contribution is 2.26. The molecule has 0 aliphatic carbocycles. The summed E-state index contributed by atoms with van der Waals surface area (Å²) in [5.74, 6) is -0.178. The normalized spacial score (nSPS) is 10.2. The Morgan fingerprint density at radius 2 is 2.06 bits per heavy atom. The van der Waals surface area contributed by atoms with E-state index in [1.54, 1.807) is 0 Å². The van der Waals surface area contributed by atoms with Gasteiger partial charge in [0.25, 0.3) is 0 Å². The van der Waals surface area contributed by atoms with Crippen molar-refractivity contribution in [3.63, 3.8) is 0 Å². The van der Waals surface area contributed by atoms with Gasteiger partial charge in [-0.25, -0.2) is 14.8 Å². The second-order valence-electron chi connectivity index (χ2n) is 3.37. The maximum absolute atomic E-state index is 11.5. The molecule has 2 aromatic rings. The average Bonchev–Trinajstić information content (AvgIpc) is 2.37. The summed E-state index contributed by atoms with van der Waals surface area (Å²) in [6, 6.07) is 8.78. The Bertz CT molecular complexity index is 604. The fraction of sp³-hybridized carbons (Fsp3) is 0.0833. The van der Waals surface area contributed by atoms with Crippen molar-refractivity contribution >= 4 is 33.5 Å². The number of methoxy groups -OCH3 is 1. The minimum atomic E-state index is -0.549. The van der Waals surface area contributed by atoms with Gasteiger partial charge in [0.05, 0.1) is 7.11 Å². The molecule has 0 aliphatic rings. The summed E-state index contributed by atoms with van der Waals surface area (Å²) in [5.41, 5.74) is 0.883. The van der Waals surface area contributed by atoms with Crippen LogP contribution in [0.2, 0.25) is 5.15 Å². The molecular weight excluding hydrogens is 320 g/mol. The van der Waals surface area contributed by atoms with Gasteiger partial charge in [0, 0.05) is 16.1 Å². The van der Waals surface area contributed by atoms with Gasteiger partial charge in [-0.2, -0.15) is 0 Å². The van der Waals surface area contributed by atoms with Crippen LogP contribution in [0, 0.1) is 0 Å². The largest absolute Gasteiger partial charge is 0.464 e. The number of halogens is 2. The van der Waals surface area contributed by atoms with E-state index in [9.17, 15) is 4.79 Å². The summed E-state index contributed by atoms with van der Waals surface area (Å²) < 4.78 is 5.44. The third-order valence-corrected chi connectivity index (χ3v) is 3.09. The van der Waals surface area contributed by atoms with Crippen molar-refractivity contribution in [3.8, 4) is 11.4 Å². The number of aromatic nitrogens is 2. The monoisotopic (exact) mass is 326 g/mol. The minimum absolute atomic E-state index is 0.128. The van der Waals surface area contributed by atoms with E-state index in [-0.39, 0.29) is 10.8 Å². The quantitative estimate of drug-likeness (QED) is 0.627. The number of rotatable bonds is 2. The first-order chi connectivity index (χ1) is 8.61. The molecule has 92 valence electrons. The highest BCUT2D eigenvalue weighted by Gasteiger charge is 2.13. The van der Waals surface area contributed by atoms with E-state index in [1.165, 1.54) is 13.2 Å². The number of carbonyl (C=O) groups is 1. The van der Waals surface area contributed by atoms with Crippen LogP contribution in [-0.4, -0.2) is 23.0 Å². The Labute approximate surface area is 117 Å². The molecule has 6 heteroatoms. The van der Waals surface area contributed by atoms with Crippen molar-refractivity contribution in [2.24, 2.45) is 0 Å². The molecule has 0 amide bonds. The van der Waals surface area contributed by atoms with E-state index < -0.39 is 5.97 Å². The number of hydrogen-bond acceptors (Lipinski definition) is 4. The second-order valence-corrected chi connectivity index (χ2v) is 4.61. The van der Waals surface area contributed by atoms with Gasteiger partial charge >= 0.3 is 5.97 Å². The van der Waals surface area contributed by atoms with Crippen LogP contribution in [0.1, 0.15) is 10.5 Å². The lowest BCUT2D eigenvalue weighted by atomic mass is 10.2. The Balaban J connectivity index is 2.55. The van der Waals surface area contributed by atoms with Gasteiger partial charge in [-0.1, -0.05) is 45.7 Å². The summed E-state index contributed by atoms with van der Waals surface area (Å²) in [5, 5.41) is 0.191. The van der Waals surface area contributed by atoms with Crippen molar-refractivity contribution in [1.82, 2.24) is 9.97 Å². The molecule has 0 fully saturated rings. The third kappa shape index (κ3) is 2.68. The van der Waals surface area contributed by atoms with Crippen molar-refractivity contribution < 1.29 is 9.53 Å². The van der Waals surface area contributed by atoms with Gasteiger partial charge in [-0.3, -0.25) is 0 Å². The highest BCUT2D eigenvalue weighted by atomic mass is 79.9. The number of ether oxygens (including phenoxy) is 1. The molecule has 0 unspecified atom stereocenters. The predicted molar refractivity (Wildman–Crippen MR) is 71.5 cm³/mol. The van der Waals surface area contributed by atoms with Gasteiger partial charge in [-0.05, 0) is 6.07 Å². The highest BCUT2D eigenvalue weighted by molar-refractivity contribution is 9.10. The maximum atomic E-state index is 11.5. The molecule has 0 radical (unpaired) electrons. The second kappa shape index (κ2) is 5.46. The molecule has 0 N–H and O–H groups in total. The molecule has 4 nitrogen and oxygen atoms in total. The van der Waals surface area contributed by atoms with Gasteiger partial charge in [0.2, 0.25) is 0 Å². The number of hydrogen-bond donors (Lipinski definition) is 0. The summed E-state index contributed by atoms with van der Waals surface area (Å²) in [6.45, 7) is 0. The lowest BCUT2D eigenvalue weighted by Gasteiger charge is -2.05. The summed E-state index contributed by atoms with van der Waals surface area (Å²) in [4.78, 5) is 19.7. The molecule has 0 spiro atoms. The molecule has 18 heavy (non-hydrogen) atoms. The van der Waals surface area contributed by atoms with Crippen LogP contribution in [-0.2, 0) is 4.74 Å². The van der Waals surface area contributed by atoms with Crippen molar-refractivity contribution in [2.45, 2.75) is 0 Å². The molecule has 0 atom stereocenters. The maximum Gasteiger partial charge on any atom is 0.356 e. The van der Waals surface area contributed by atoms with Gasteiger partial charge < -0.3 is 4.74 Å². The molecule has 0 saturated carbocycles. The molecular formula is C12H8BrClN2O2. The number of esters is 1. The topological polar surface area (TPSA) is 52.1 Å². The van der Waals surface area contributed by atoms with Crippen LogP contribution in [0.3, 0.4) is 0 Å². The van der Waals surface area contributed by atoms with E-state index in [0.29, 0.717) is 5.82 Å². The number of benzene rings is 1. The third-order valence-electron chi connectivity index (χ3n) is 2.20. The Hall–Kier alpha value is -1.46. The first kappa shape index (κ1) is 13.0. The van der Waals surface area contributed by atoms with E-state index in [0.717, 1.165) is 10.0 Å². The van der Waals surface area contributed by atoms with Crippen molar-refractivity contribution in [1.29, 1.82) is 0 Å². The van der Waals surface area contributed by atoms with Crippen molar-refractivity contribution in [3.05, 3.63) is 45.7 Å². The van der Waals surface area contributed by atoms with Crippen molar-refractivity contribution in [2.75, 3.05) is 7.11 Å². The van der Waals surface area contributed by atoms with Crippen LogP contribution < -0.4 is 0 Å². The molecule has 0 bridgehead atoms. The Kier molecular flexibility index (Phi) is 3.93. The summed E-state index contributed by atoms with van der Waals surface area (Å²) in [7, 11) is 1.29. The van der Waals surface area contributed by atoms with Crippen LogP contribution in [0.5, 0.6) is 0 Å². The smallest absolute Gasteiger partial charge is 0.356 e. The zero-order valence-corrected chi connectivity index (χ0v) is 11.7. The van der Waals surface area contributed by atoms with E-state index in [1.807, 2.05) is 24.3 Å². The first-order valence-electron chi connectivity index (χ1n) is 4.99. The zero-order chi connectivity index (χ0) is 13.1.